The molecule has 1 aromatic carbocycles. The van der Waals surface area contributed by atoms with Crippen molar-refractivity contribution in [1.82, 2.24) is 4.31 Å². The maximum absolute atomic E-state index is 12.4. The molecule has 106 valence electrons. The lowest BCUT2D eigenvalue weighted by Gasteiger charge is -2.20. The van der Waals surface area contributed by atoms with E-state index in [4.69, 9.17) is 10.4 Å². The van der Waals surface area contributed by atoms with Gasteiger partial charge in [0, 0.05) is 13.0 Å². The highest BCUT2D eigenvalue weighted by molar-refractivity contribution is 7.89. The molecule has 0 saturated carbocycles. The zero-order valence-electron chi connectivity index (χ0n) is 10.3. The Labute approximate surface area is 115 Å². The lowest BCUT2D eigenvalue weighted by Crippen LogP contribution is -2.40. The van der Waals surface area contributed by atoms with E-state index in [1.807, 2.05) is 6.07 Å². The van der Waals surface area contributed by atoms with Crippen LogP contribution >= 0.6 is 0 Å². The summed E-state index contributed by atoms with van der Waals surface area (Å²) in [6.45, 7) is -0.268. The molecule has 1 saturated heterocycles. The maximum atomic E-state index is 12.4. The van der Waals surface area contributed by atoms with E-state index in [0.29, 0.717) is 0 Å². The topological polar surface area (TPSA) is 119 Å². The normalized spacial score (nSPS) is 23.4. The molecule has 0 aromatic heterocycles. The third-order valence-corrected chi connectivity index (χ3v) is 4.96. The van der Waals surface area contributed by atoms with Crippen LogP contribution in [0.5, 0.6) is 0 Å². The lowest BCUT2D eigenvalue weighted by molar-refractivity contribution is -0.140. The number of hydrogen-bond acceptors (Lipinski definition) is 5. The molecule has 2 atom stereocenters. The number of rotatable bonds is 3. The number of benzene rings is 1. The standard InChI is InChI=1S/C12H12N2O5S/c13-6-8-2-1-3-10(4-8)20(18,19)14-7-9(15)5-11(14)12(16)17/h1-4,9,11,15H,5,7H2,(H,16,17)/t9-,11?/m0/s1. The molecule has 7 nitrogen and oxygen atoms in total. The van der Waals surface area contributed by atoms with Gasteiger partial charge >= 0.3 is 5.97 Å². The van der Waals surface area contributed by atoms with Crippen LogP contribution in [-0.4, -0.2) is 47.6 Å². The molecule has 2 rings (SSSR count). The second-order valence-corrected chi connectivity index (χ2v) is 6.35. The van der Waals surface area contributed by atoms with Crippen molar-refractivity contribution in [2.75, 3.05) is 6.54 Å². The molecule has 1 fully saturated rings. The fourth-order valence-electron chi connectivity index (χ4n) is 2.14. The van der Waals surface area contributed by atoms with Gasteiger partial charge in [0.05, 0.1) is 22.6 Å². The minimum atomic E-state index is -4.06. The van der Waals surface area contributed by atoms with Crippen molar-refractivity contribution in [3.8, 4) is 6.07 Å². The van der Waals surface area contributed by atoms with Crippen LogP contribution in [0.15, 0.2) is 29.2 Å². The quantitative estimate of drug-likeness (QED) is 0.795. The summed E-state index contributed by atoms with van der Waals surface area (Å²) in [7, 11) is -4.06. The highest BCUT2D eigenvalue weighted by Crippen LogP contribution is 2.26. The molecule has 1 heterocycles. The number of nitriles is 1. The summed E-state index contributed by atoms with van der Waals surface area (Å²) in [6, 6.07) is 5.87. The number of carboxylic acid groups (broad SMARTS) is 1. The molecule has 8 heteroatoms. The molecule has 2 N–H and O–H groups in total. The Morgan fingerprint density at radius 2 is 2.15 bits per heavy atom. The van der Waals surface area contributed by atoms with E-state index < -0.39 is 28.1 Å². The summed E-state index contributed by atoms with van der Waals surface area (Å²) in [4.78, 5) is 10.9. The smallest absolute Gasteiger partial charge is 0.322 e. The maximum Gasteiger partial charge on any atom is 0.322 e. The molecule has 0 bridgehead atoms. The van der Waals surface area contributed by atoms with Crippen molar-refractivity contribution in [2.45, 2.75) is 23.5 Å². The van der Waals surface area contributed by atoms with Crippen LogP contribution in [0.1, 0.15) is 12.0 Å². The van der Waals surface area contributed by atoms with Gasteiger partial charge in [0.15, 0.2) is 0 Å². The fourth-order valence-corrected chi connectivity index (χ4v) is 3.81. The second-order valence-electron chi connectivity index (χ2n) is 4.46. The van der Waals surface area contributed by atoms with Gasteiger partial charge in [-0.05, 0) is 18.2 Å². The molecule has 0 amide bonds. The summed E-state index contributed by atoms with van der Waals surface area (Å²) in [5.41, 5.74) is 0.165. The van der Waals surface area contributed by atoms with Gasteiger partial charge in [-0.1, -0.05) is 6.07 Å². The monoisotopic (exact) mass is 296 g/mol. The van der Waals surface area contributed by atoms with Crippen LogP contribution < -0.4 is 0 Å². The minimum absolute atomic E-state index is 0.146. The SMILES string of the molecule is N#Cc1cccc(S(=O)(=O)N2C[C@@H](O)CC2C(=O)O)c1. The van der Waals surface area contributed by atoms with Crippen molar-refractivity contribution in [3.63, 3.8) is 0 Å². The Balaban J connectivity index is 2.44. The molecule has 1 aliphatic rings. The number of aliphatic hydroxyl groups is 1. The van der Waals surface area contributed by atoms with Gasteiger partial charge in [0.1, 0.15) is 6.04 Å². The fraction of sp³-hybridized carbons (Fsp3) is 0.333. The molecule has 1 aromatic rings. The van der Waals surface area contributed by atoms with Crippen molar-refractivity contribution < 1.29 is 23.4 Å². The van der Waals surface area contributed by atoms with Gasteiger partial charge in [0.2, 0.25) is 10.0 Å². The minimum Gasteiger partial charge on any atom is -0.480 e. The van der Waals surface area contributed by atoms with Gasteiger partial charge in [-0.25, -0.2) is 8.42 Å². The number of nitrogens with zero attached hydrogens (tertiary/aromatic N) is 2. The average Bonchev–Trinajstić information content (AvgIpc) is 2.82. The van der Waals surface area contributed by atoms with Gasteiger partial charge in [-0.3, -0.25) is 4.79 Å². The predicted molar refractivity (Wildman–Crippen MR) is 67.1 cm³/mol. The first-order valence-corrected chi connectivity index (χ1v) is 7.23. The van der Waals surface area contributed by atoms with E-state index in [1.165, 1.54) is 24.3 Å². The van der Waals surface area contributed by atoms with Crippen molar-refractivity contribution in [3.05, 3.63) is 29.8 Å². The number of aliphatic hydroxyl groups excluding tert-OH is 1. The average molecular weight is 296 g/mol. The Bertz CT molecular complexity index is 679. The van der Waals surface area contributed by atoms with E-state index >= 15 is 0 Å². The van der Waals surface area contributed by atoms with E-state index in [2.05, 4.69) is 0 Å². The summed E-state index contributed by atoms with van der Waals surface area (Å²) in [5.74, 6) is -1.30. The van der Waals surface area contributed by atoms with E-state index in [9.17, 15) is 18.3 Å². The Kier molecular flexibility index (Phi) is 3.76. The van der Waals surface area contributed by atoms with Crippen molar-refractivity contribution in [1.29, 1.82) is 5.26 Å². The number of carboxylic acids is 1. The Hall–Kier alpha value is -1.95. The van der Waals surface area contributed by atoms with E-state index in [0.717, 1.165) is 4.31 Å². The molecule has 0 spiro atoms. The molecular weight excluding hydrogens is 284 g/mol. The Morgan fingerprint density at radius 1 is 1.45 bits per heavy atom. The number of sulfonamides is 1. The van der Waals surface area contributed by atoms with Crippen LogP contribution in [0.2, 0.25) is 0 Å². The first-order valence-electron chi connectivity index (χ1n) is 5.79. The zero-order chi connectivity index (χ0) is 14.9. The molecule has 0 radical (unpaired) electrons. The number of β-amino-alcohol motifs (C(OH)–C–C–N with tert-alkyl or cyclic N) is 1. The summed E-state index contributed by atoms with van der Waals surface area (Å²) < 4.78 is 25.6. The van der Waals surface area contributed by atoms with Crippen LogP contribution in [-0.2, 0) is 14.8 Å². The summed E-state index contributed by atoms with van der Waals surface area (Å²) >= 11 is 0. The van der Waals surface area contributed by atoms with Gasteiger partial charge < -0.3 is 10.2 Å². The third kappa shape index (κ3) is 2.51. The zero-order valence-corrected chi connectivity index (χ0v) is 11.1. The lowest BCUT2D eigenvalue weighted by atomic mass is 10.2. The number of carbonyl (C=O) groups is 1. The van der Waals surface area contributed by atoms with Crippen molar-refractivity contribution in [2.24, 2.45) is 0 Å². The highest BCUT2D eigenvalue weighted by atomic mass is 32.2. The summed E-state index contributed by atoms with van der Waals surface area (Å²) in [6.07, 6.45) is -1.16. The van der Waals surface area contributed by atoms with Crippen LogP contribution in [0.25, 0.3) is 0 Å². The first-order chi connectivity index (χ1) is 9.36. The molecule has 0 aliphatic carbocycles. The second kappa shape index (κ2) is 5.20. The molecule has 1 unspecified atom stereocenters. The third-order valence-electron chi connectivity index (χ3n) is 3.09. The predicted octanol–water partition coefficient (Wildman–Crippen LogP) is -0.233. The number of hydrogen-bond donors (Lipinski definition) is 2. The first kappa shape index (κ1) is 14.5. The number of aliphatic carboxylic acids is 1. The Morgan fingerprint density at radius 3 is 2.75 bits per heavy atom. The van der Waals surface area contributed by atoms with Gasteiger partial charge in [-0.2, -0.15) is 9.57 Å². The van der Waals surface area contributed by atoms with Gasteiger partial charge in [-0.15, -0.1) is 0 Å². The van der Waals surface area contributed by atoms with Crippen LogP contribution in [0.4, 0.5) is 0 Å². The largest absolute Gasteiger partial charge is 0.480 e. The van der Waals surface area contributed by atoms with Crippen LogP contribution in [0, 0.1) is 11.3 Å². The van der Waals surface area contributed by atoms with Crippen LogP contribution in [0.3, 0.4) is 0 Å². The molecular formula is C12H12N2O5S. The molecule has 20 heavy (non-hydrogen) atoms. The van der Waals surface area contributed by atoms with E-state index in [-0.39, 0.29) is 23.4 Å². The van der Waals surface area contributed by atoms with Crippen molar-refractivity contribution >= 4 is 16.0 Å². The summed E-state index contributed by atoms with van der Waals surface area (Å²) in [5, 5.41) is 27.3. The van der Waals surface area contributed by atoms with Gasteiger partial charge in [0.25, 0.3) is 0 Å². The van der Waals surface area contributed by atoms with E-state index in [1.54, 1.807) is 0 Å². The highest BCUT2D eigenvalue weighted by Gasteiger charge is 2.43. The molecule has 1 aliphatic heterocycles.